The van der Waals surface area contributed by atoms with Gasteiger partial charge in [-0.25, -0.2) is 0 Å². The number of carbonyl (C=O) groups is 3. The van der Waals surface area contributed by atoms with Gasteiger partial charge in [0.1, 0.15) is 13.2 Å². The van der Waals surface area contributed by atoms with Crippen LogP contribution in [-0.2, 0) is 28.6 Å². The number of hydrogen-bond acceptors (Lipinski definition) is 6. The van der Waals surface area contributed by atoms with E-state index < -0.39 is 6.10 Å². The predicted octanol–water partition coefficient (Wildman–Crippen LogP) is 16.3. The third kappa shape index (κ3) is 43.8. The Bertz CT molecular complexity index is 859. The zero-order chi connectivity index (χ0) is 41.7. The fraction of sp³-hybridized carbons (Fsp3) is 0.941. The van der Waals surface area contributed by atoms with Gasteiger partial charge in [0.2, 0.25) is 0 Å². The summed E-state index contributed by atoms with van der Waals surface area (Å²) in [5.41, 5.74) is 0. The highest BCUT2D eigenvalue weighted by Crippen LogP contribution is 2.17. The van der Waals surface area contributed by atoms with Crippen LogP contribution in [0.1, 0.15) is 285 Å². The molecule has 2 atom stereocenters. The van der Waals surface area contributed by atoms with Gasteiger partial charge in [-0.2, -0.15) is 0 Å². The number of carbonyl (C=O) groups excluding carboxylic acids is 3. The number of ether oxygens (including phenoxy) is 3. The Morgan fingerprint density at radius 3 is 0.912 bits per heavy atom. The molecule has 0 amide bonds. The molecule has 6 nitrogen and oxygen atoms in total. The van der Waals surface area contributed by atoms with Crippen molar-refractivity contribution in [2.45, 2.75) is 291 Å². The van der Waals surface area contributed by atoms with Gasteiger partial charge in [-0.1, -0.05) is 246 Å². The highest BCUT2D eigenvalue weighted by Gasteiger charge is 2.19. The van der Waals surface area contributed by atoms with Crippen molar-refractivity contribution in [2.75, 3.05) is 13.2 Å². The monoisotopic (exact) mass is 807 g/mol. The maximum atomic E-state index is 12.8. The Morgan fingerprint density at radius 2 is 0.614 bits per heavy atom. The van der Waals surface area contributed by atoms with E-state index >= 15 is 0 Å². The summed E-state index contributed by atoms with van der Waals surface area (Å²) in [6, 6.07) is 0. The Labute approximate surface area is 355 Å². The minimum absolute atomic E-state index is 0.0640. The molecule has 0 aliphatic carbocycles. The van der Waals surface area contributed by atoms with Crippen molar-refractivity contribution in [3.05, 3.63) is 0 Å². The van der Waals surface area contributed by atoms with Crippen molar-refractivity contribution < 1.29 is 28.6 Å². The van der Waals surface area contributed by atoms with E-state index in [0.29, 0.717) is 19.3 Å². The molecule has 0 bridgehead atoms. The number of hydrogen-bond donors (Lipinski definition) is 0. The largest absolute Gasteiger partial charge is 0.462 e. The summed E-state index contributed by atoms with van der Waals surface area (Å²) in [4.78, 5) is 37.8. The third-order valence-electron chi connectivity index (χ3n) is 11.9. The molecule has 0 fully saturated rings. The number of rotatable bonds is 46. The predicted molar refractivity (Wildman–Crippen MR) is 243 cm³/mol. The zero-order valence-corrected chi connectivity index (χ0v) is 38.8. The molecule has 0 aromatic heterocycles. The average molecular weight is 807 g/mol. The summed E-state index contributed by atoms with van der Waals surface area (Å²) in [6.45, 7) is 8.98. The van der Waals surface area contributed by atoms with Crippen molar-refractivity contribution in [1.82, 2.24) is 0 Å². The SMILES string of the molecule is CCCCCCCCCCCCCCCCCCCCCC(=O)O[C@H](COC(=O)CCCCCCCCCCCC)COC(=O)CCCCCCCCC(C)CC. The zero-order valence-electron chi connectivity index (χ0n) is 38.8. The Balaban J connectivity index is 4.24. The van der Waals surface area contributed by atoms with E-state index in [1.165, 1.54) is 180 Å². The highest BCUT2D eigenvalue weighted by molar-refractivity contribution is 5.71. The summed E-state index contributed by atoms with van der Waals surface area (Å²) in [7, 11) is 0. The van der Waals surface area contributed by atoms with Gasteiger partial charge in [-0.15, -0.1) is 0 Å². The second kappa shape index (κ2) is 45.5. The first kappa shape index (κ1) is 55.4. The van der Waals surface area contributed by atoms with Gasteiger partial charge >= 0.3 is 17.9 Å². The standard InChI is InChI=1S/C51H98O6/c1-5-8-10-12-14-16-18-19-20-21-22-23-24-25-26-28-30-36-40-44-51(54)57-48(45-55-49(52)42-38-34-29-27-17-15-13-11-9-6-2)46-56-50(53)43-39-35-32-31-33-37-41-47(4)7-3/h47-48H,5-46H2,1-4H3/t47?,48-/m1/s1. The highest BCUT2D eigenvalue weighted by atomic mass is 16.6. The van der Waals surface area contributed by atoms with E-state index in [4.69, 9.17) is 14.2 Å². The third-order valence-corrected chi connectivity index (χ3v) is 11.9. The molecule has 0 N–H and O–H groups in total. The smallest absolute Gasteiger partial charge is 0.306 e. The first-order valence-electron chi connectivity index (χ1n) is 25.4. The first-order valence-corrected chi connectivity index (χ1v) is 25.4. The van der Waals surface area contributed by atoms with Crippen LogP contribution in [0.3, 0.4) is 0 Å². The fourth-order valence-electron chi connectivity index (χ4n) is 7.66. The van der Waals surface area contributed by atoms with Gasteiger partial charge in [-0.05, 0) is 25.2 Å². The molecule has 1 unspecified atom stereocenters. The van der Waals surface area contributed by atoms with Crippen molar-refractivity contribution in [3.63, 3.8) is 0 Å². The number of unbranched alkanes of at least 4 members (excludes halogenated alkanes) is 32. The second-order valence-corrected chi connectivity index (χ2v) is 17.7. The van der Waals surface area contributed by atoms with Gasteiger partial charge in [-0.3, -0.25) is 14.4 Å². The minimum Gasteiger partial charge on any atom is -0.462 e. The molecule has 0 radical (unpaired) electrons. The topological polar surface area (TPSA) is 78.9 Å². The molecule has 0 rings (SSSR count). The van der Waals surface area contributed by atoms with Gasteiger partial charge in [0.15, 0.2) is 6.10 Å². The quantitative estimate of drug-likeness (QED) is 0.0346. The van der Waals surface area contributed by atoms with Crippen molar-refractivity contribution >= 4 is 17.9 Å². The number of esters is 3. The van der Waals surface area contributed by atoms with Gasteiger partial charge in [0.05, 0.1) is 0 Å². The van der Waals surface area contributed by atoms with Crippen LogP contribution in [0, 0.1) is 5.92 Å². The molecule has 0 aliphatic heterocycles. The van der Waals surface area contributed by atoms with E-state index in [1.54, 1.807) is 0 Å². The first-order chi connectivity index (χ1) is 27.9. The normalized spacial score (nSPS) is 12.4. The van der Waals surface area contributed by atoms with E-state index in [9.17, 15) is 14.4 Å². The van der Waals surface area contributed by atoms with Gasteiger partial charge < -0.3 is 14.2 Å². The lowest BCUT2D eigenvalue weighted by Crippen LogP contribution is -2.30. The summed E-state index contributed by atoms with van der Waals surface area (Å²) in [5.74, 6) is -0.0374. The average Bonchev–Trinajstić information content (AvgIpc) is 3.21. The maximum Gasteiger partial charge on any atom is 0.306 e. The van der Waals surface area contributed by atoms with E-state index in [2.05, 4.69) is 27.7 Å². The molecular weight excluding hydrogens is 709 g/mol. The molecule has 0 aliphatic rings. The summed E-state index contributed by atoms with van der Waals surface area (Å²) < 4.78 is 16.8. The van der Waals surface area contributed by atoms with Crippen LogP contribution in [-0.4, -0.2) is 37.2 Å². The molecular formula is C51H98O6. The van der Waals surface area contributed by atoms with Crippen molar-refractivity contribution in [2.24, 2.45) is 5.92 Å². The van der Waals surface area contributed by atoms with Crippen LogP contribution < -0.4 is 0 Å². The lowest BCUT2D eigenvalue weighted by molar-refractivity contribution is -0.167. The van der Waals surface area contributed by atoms with Crippen LogP contribution in [0.4, 0.5) is 0 Å². The maximum absolute atomic E-state index is 12.8. The molecule has 0 heterocycles. The van der Waals surface area contributed by atoms with Gasteiger partial charge in [0.25, 0.3) is 0 Å². The molecule has 338 valence electrons. The van der Waals surface area contributed by atoms with Crippen LogP contribution in [0.15, 0.2) is 0 Å². The van der Waals surface area contributed by atoms with E-state index in [0.717, 1.165) is 63.7 Å². The van der Waals surface area contributed by atoms with Crippen molar-refractivity contribution in [1.29, 1.82) is 0 Å². The molecule has 57 heavy (non-hydrogen) atoms. The lowest BCUT2D eigenvalue weighted by Gasteiger charge is -2.18. The minimum atomic E-state index is -0.760. The molecule has 0 aromatic carbocycles. The van der Waals surface area contributed by atoms with E-state index in [1.807, 2.05) is 0 Å². The Hall–Kier alpha value is -1.59. The fourth-order valence-corrected chi connectivity index (χ4v) is 7.66. The molecule has 0 saturated heterocycles. The molecule has 0 spiro atoms. The summed E-state index contributed by atoms with van der Waals surface area (Å²) in [6.07, 6.45) is 46.7. The van der Waals surface area contributed by atoms with Gasteiger partial charge in [0, 0.05) is 19.3 Å². The van der Waals surface area contributed by atoms with Crippen LogP contribution in [0.25, 0.3) is 0 Å². The Kier molecular flexibility index (Phi) is 44.2. The Morgan fingerprint density at radius 1 is 0.351 bits per heavy atom. The molecule has 0 saturated carbocycles. The summed E-state index contributed by atoms with van der Waals surface area (Å²) >= 11 is 0. The second-order valence-electron chi connectivity index (χ2n) is 17.7. The van der Waals surface area contributed by atoms with E-state index in [-0.39, 0.29) is 31.1 Å². The van der Waals surface area contributed by atoms with Crippen LogP contribution in [0.2, 0.25) is 0 Å². The van der Waals surface area contributed by atoms with Crippen LogP contribution in [0.5, 0.6) is 0 Å². The van der Waals surface area contributed by atoms with Crippen molar-refractivity contribution in [3.8, 4) is 0 Å². The van der Waals surface area contributed by atoms with Crippen LogP contribution >= 0.6 is 0 Å². The summed E-state index contributed by atoms with van der Waals surface area (Å²) in [5, 5.41) is 0. The molecule has 6 heteroatoms. The lowest BCUT2D eigenvalue weighted by atomic mass is 10.00. The molecule has 0 aromatic rings.